The van der Waals surface area contributed by atoms with Gasteiger partial charge < -0.3 is 4.90 Å². The van der Waals surface area contributed by atoms with Crippen LogP contribution in [0.3, 0.4) is 0 Å². The number of amides is 2. The van der Waals surface area contributed by atoms with Gasteiger partial charge in [-0.2, -0.15) is 0 Å². The predicted molar refractivity (Wildman–Crippen MR) is 117 cm³/mol. The van der Waals surface area contributed by atoms with E-state index < -0.39 is 6.04 Å². The van der Waals surface area contributed by atoms with E-state index in [4.69, 9.17) is 23.2 Å². The second kappa shape index (κ2) is 7.90. The first kappa shape index (κ1) is 19.5. The van der Waals surface area contributed by atoms with Crippen molar-refractivity contribution in [3.8, 4) is 0 Å². The van der Waals surface area contributed by atoms with Gasteiger partial charge in [-0.15, -0.1) is 0 Å². The molecule has 2 amide bonds. The van der Waals surface area contributed by atoms with Gasteiger partial charge >= 0.3 is 0 Å². The zero-order valence-electron chi connectivity index (χ0n) is 15.7. The smallest absolute Gasteiger partial charge is 0.259 e. The quantitative estimate of drug-likeness (QED) is 0.550. The van der Waals surface area contributed by atoms with Gasteiger partial charge in [0.15, 0.2) is 0 Å². The molecule has 0 aromatic heterocycles. The van der Waals surface area contributed by atoms with E-state index in [0.29, 0.717) is 33.5 Å². The molecule has 0 bridgehead atoms. The van der Waals surface area contributed by atoms with Crippen molar-refractivity contribution in [3.63, 3.8) is 0 Å². The Kier molecular flexibility index (Phi) is 5.31. The summed E-state index contributed by atoms with van der Waals surface area (Å²) in [7, 11) is 0. The highest BCUT2D eigenvalue weighted by Gasteiger charge is 2.38. The normalized spacial score (nSPS) is 16.0. The monoisotopic (exact) mass is 424 g/mol. The zero-order chi connectivity index (χ0) is 20.5. The standard InChI is InChI=1S/C23H18Cl2N2O2/c1-15-22(28)26(14-16-5-4-6-19(25)13-16)20-7-2-3-8-21(20)27(15)23(29)17-9-11-18(24)12-10-17/h2-13,15H,14H2,1H3/t15-/m1/s1. The van der Waals surface area contributed by atoms with E-state index in [1.807, 2.05) is 42.5 Å². The predicted octanol–water partition coefficient (Wildman–Crippen LogP) is 5.58. The molecule has 0 saturated heterocycles. The third-order valence-corrected chi connectivity index (χ3v) is 5.47. The fraction of sp³-hybridized carbons (Fsp3) is 0.130. The average molecular weight is 425 g/mol. The first-order chi connectivity index (χ1) is 14.0. The fourth-order valence-corrected chi connectivity index (χ4v) is 3.90. The summed E-state index contributed by atoms with van der Waals surface area (Å²) in [6.45, 7) is 2.13. The number of fused-ring (bicyclic) bond motifs is 1. The maximum absolute atomic E-state index is 13.3. The first-order valence-corrected chi connectivity index (χ1v) is 9.95. The third kappa shape index (κ3) is 3.74. The molecule has 1 heterocycles. The molecule has 0 unspecified atom stereocenters. The molecule has 4 rings (SSSR count). The van der Waals surface area contributed by atoms with Gasteiger partial charge in [0.05, 0.1) is 17.9 Å². The van der Waals surface area contributed by atoms with Crippen molar-refractivity contribution in [2.75, 3.05) is 9.80 Å². The van der Waals surface area contributed by atoms with E-state index in [2.05, 4.69) is 0 Å². The van der Waals surface area contributed by atoms with Crippen molar-refractivity contribution in [2.45, 2.75) is 19.5 Å². The molecule has 0 fully saturated rings. The van der Waals surface area contributed by atoms with Crippen LogP contribution < -0.4 is 9.80 Å². The average Bonchev–Trinajstić information content (AvgIpc) is 2.72. The van der Waals surface area contributed by atoms with Crippen LogP contribution in [-0.2, 0) is 11.3 Å². The number of benzene rings is 3. The molecule has 1 aliphatic heterocycles. The molecule has 0 aliphatic carbocycles. The van der Waals surface area contributed by atoms with E-state index in [9.17, 15) is 9.59 Å². The van der Waals surface area contributed by atoms with E-state index in [1.165, 1.54) is 0 Å². The number of hydrogen-bond acceptors (Lipinski definition) is 2. The Hall–Kier alpha value is -2.82. The lowest BCUT2D eigenvalue weighted by atomic mass is 10.0. The molecule has 0 radical (unpaired) electrons. The number of rotatable bonds is 3. The van der Waals surface area contributed by atoms with Gasteiger partial charge in [0.25, 0.3) is 5.91 Å². The summed E-state index contributed by atoms with van der Waals surface area (Å²) in [5, 5.41) is 1.17. The molecule has 1 atom stereocenters. The Morgan fingerprint density at radius 1 is 0.897 bits per heavy atom. The SMILES string of the molecule is C[C@@H]1C(=O)N(Cc2cccc(Cl)c2)c2ccccc2N1C(=O)c1ccc(Cl)cc1. The molecule has 0 N–H and O–H groups in total. The van der Waals surface area contributed by atoms with Crippen LogP contribution in [0.1, 0.15) is 22.8 Å². The number of carbonyl (C=O) groups excluding carboxylic acids is 2. The highest BCUT2D eigenvalue weighted by molar-refractivity contribution is 6.31. The van der Waals surface area contributed by atoms with Gasteiger partial charge in [-0.05, 0) is 61.0 Å². The molecular formula is C23H18Cl2N2O2. The molecule has 29 heavy (non-hydrogen) atoms. The van der Waals surface area contributed by atoms with Crippen molar-refractivity contribution in [2.24, 2.45) is 0 Å². The van der Waals surface area contributed by atoms with Crippen LogP contribution in [-0.4, -0.2) is 17.9 Å². The molecule has 0 spiro atoms. The maximum atomic E-state index is 13.3. The van der Waals surface area contributed by atoms with Crippen LogP contribution in [0.15, 0.2) is 72.8 Å². The Morgan fingerprint density at radius 2 is 1.59 bits per heavy atom. The van der Waals surface area contributed by atoms with Gasteiger partial charge in [-0.1, -0.05) is 47.5 Å². The van der Waals surface area contributed by atoms with Crippen LogP contribution >= 0.6 is 23.2 Å². The summed E-state index contributed by atoms with van der Waals surface area (Å²) in [4.78, 5) is 29.7. The minimum absolute atomic E-state index is 0.147. The van der Waals surface area contributed by atoms with Crippen LogP contribution in [0.25, 0.3) is 0 Å². The Balaban J connectivity index is 1.74. The lowest BCUT2D eigenvalue weighted by Crippen LogP contribution is -2.54. The van der Waals surface area contributed by atoms with Crippen molar-refractivity contribution < 1.29 is 9.59 Å². The third-order valence-electron chi connectivity index (χ3n) is 4.98. The molecule has 0 saturated carbocycles. The van der Waals surface area contributed by atoms with Crippen molar-refractivity contribution >= 4 is 46.4 Å². The van der Waals surface area contributed by atoms with Gasteiger partial charge in [-0.25, -0.2) is 0 Å². The second-order valence-electron chi connectivity index (χ2n) is 6.90. The fourth-order valence-electron chi connectivity index (χ4n) is 3.56. The summed E-state index contributed by atoms with van der Waals surface area (Å²) >= 11 is 12.1. The first-order valence-electron chi connectivity index (χ1n) is 9.19. The minimum atomic E-state index is -0.646. The van der Waals surface area contributed by atoms with Gasteiger partial charge in [-0.3, -0.25) is 14.5 Å². The Bertz CT molecular complexity index is 1080. The molecule has 146 valence electrons. The molecule has 4 nitrogen and oxygen atoms in total. The van der Waals surface area contributed by atoms with Crippen LogP contribution in [0, 0.1) is 0 Å². The molecule has 3 aromatic carbocycles. The number of halogens is 2. The second-order valence-corrected chi connectivity index (χ2v) is 7.77. The number of para-hydroxylation sites is 2. The number of anilines is 2. The highest BCUT2D eigenvalue weighted by Crippen LogP contribution is 2.38. The molecule has 6 heteroatoms. The summed E-state index contributed by atoms with van der Waals surface area (Å²) in [5.41, 5.74) is 2.79. The zero-order valence-corrected chi connectivity index (χ0v) is 17.2. The van der Waals surface area contributed by atoms with Gasteiger partial charge in [0.1, 0.15) is 6.04 Å². The summed E-state index contributed by atoms with van der Waals surface area (Å²) < 4.78 is 0. The lowest BCUT2D eigenvalue weighted by Gasteiger charge is -2.40. The van der Waals surface area contributed by atoms with E-state index in [0.717, 1.165) is 5.56 Å². The Labute approximate surface area is 179 Å². The Morgan fingerprint density at radius 3 is 2.28 bits per heavy atom. The number of hydrogen-bond donors (Lipinski definition) is 0. The number of carbonyl (C=O) groups is 2. The molecular weight excluding hydrogens is 407 g/mol. The van der Waals surface area contributed by atoms with Gasteiger partial charge in [0.2, 0.25) is 5.91 Å². The molecule has 1 aliphatic rings. The minimum Gasteiger partial charge on any atom is -0.304 e. The van der Waals surface area contributed by atoms with Crippen LogP contribution in [0.5, 0.6) is 0 Å². The summed E-state index contributed by atoms with van der Waals surface area (Å²) in [6, 6.07) is 20.9. The summed E-state index contributed by atoms with van der Waals surface area (Å²) in [6.07, 6.45) is 0. The summed E-state index contributed by atoms with van der Waals surface area (Å²) in [5.74, 6) is -0.386. The maximum Gasteiger partial charge on any atom is 0.259 e. The van der Waals surface area contributed by atoms with Crippen LogP contribution in [0.2, 0.25) is 10.0 Å². The van der Waals surface area contributed by atoms with E-state index >= 15 is 0 Å². The van der Waals surface area contributed by atoms with E-state index in [-0.39, 0.29) is 11.8 Å². The number of nitrogens with zero attached hydrogens (tertiary/aromatic N) is 2. The lowest BCUT2D eigenvalue weighted by molar-refractivity contribution is -0.119. The van der Waals surface area contributed by atoms with Gasteiger partial charge in [0, 0.05) is 15.6 Å². The van der Waals surface area contributed by atoms with Crippen molar-refractivity contribution in [3.05, 3.63) is 94.0 Å². The van der Waals surface area contributed by atoms with Crippen LogP contribution in [0.4, 0.5) is 11.4 Å². The topological polar surface area (TPSA) is 40.6 Å². The largest absolute Gasteiger partial charge is 0.304 e. The van der Waals surface area contributed by atoms with Crippen molar-refractivity contribution in [1.29, 1.82) is 0 Å². The molecule has 3 aromatic rings. The van der Waals surface area contributed by atoms with E-state index in [1.54, 1.807) is 47.1 Å². The highest BCUT2D eigenvalue weighted by atomic mass is 35.5. The van der Waals surface area contributed by atoms with Crippen molar-refractivity contribution in [1.82, 2.24) is 0 Å².